The van der Waals surface area contributed by atoms with E-state index in [0.29, 0.717) is 19.6 Å². The second kappa shape index (κ2) is 10.9. The molecular formula is C26H38N2O5S. The number of carbonyl (C=O) groups excluding carboxylic acids is 3. The molecule has 188 valence electrons. The highest BCUT2D eigenvalue weighted by molar-refractivity contribution is 8.02. The first-order valence-electron chi connectivity index (χ1n) is 12.8. The Balaban J connectivity index is 1.62. The van der Waals surface area contributed by atoms with Gasteiger partial charge < -0.3 is 19.6 Å². The summed E-state index contributed by atoms with van der Waals surface area (Å²) in [6.07, 6.45) is 11.9. The average molecular weight is 491 g/mol. The number of nitrogens with zero attached hydrogens (tertiary/aromatic N) is 2. The second-order valence-electron chi connectivity index (χ2n) is 9.98. The molecule has 0 aromatic rings. The third-order valence-electron chi connectivity index (χ3n) is 8.07. The van der Waals surface area contributed by atoms with Crippen LogP contribution in [-0.4, -0.2) is 81.1 Å². The molecule has 0 radical (unpaired) electrons. The molecule has 2 unspecified atom stereocenters. The molecule has 4 aliphatic rings. The first-order valence-corrected chi connectivity index (χ1v) is 13.7. The van der Waals surface area contributed by atoms with Gasteiger partial charge in [-0.1, -0.05) is 31.4 Å². The van der Waals surface area contributed by atoms with E-state index >= 15 is 0 Å². The summed E-state index contributed by atoms with van der Waals surface area (Å²) >= 11 is 1.65. The molecule has 34 heavy (non-hydrogen) atoms. The lowest BCUT2D eigenvalue weighted by Gasteiger charge is -2.41. The van der Waals surface area contributed by atoms with Crippen LogP contribution in [0.2, 0.25) is 0 Å². The number of aliphatic hydroxyl groups excluding tert-OH is 1. The van der Waals surface area contributed by atoms with Crippen molar-refractivity contribution >= 4 is 29.5 Å². The van der Waals surface area contributed by atoms with Crippen LogP contribution in [0.3, 0.4) is 0 Å². The maximum Gasteiger partial charge on any atom is 0.310 e. The van der Waals surface area contributed by atoms with Gasteiger partial charge >= 0.3 is 5.97 Å². The number of aliphatic hydroxyl groups is 1. The summed E-state index contributed by atoms with van der Waals surface area (Å²) in [5.74, 6) is -1.66. The van der Waals surface area contributed by atoms with E-state index in [1.807, 2.05) is 4.90 Å². The number of likely N-dealkylation sites (tertiary alicyclic amines) is 1. The maximum atomic E-state index is 14.2. The molecule has 1 N–H and O–H groups in total. The normalized spacial score (nSPS) is 32.5. The Labute approximate surface area is 206 Å². The summed E-state index contributed by atoms with van der Waals surface area (Å²) in [6.45, 7) is 8.22. The summed E-state index contributed by atoms with van der Waals surface area (Å²) in [5.41, 5.74) is 0. The quantitative estimate of drug-likeness (QED) is 0.272. The van der Waals surface area contributed by atoms with E-state index in [4.69, 9.17) is 4.74 Å². The minimum Gasteiger partial charge on any atom is -0.465 e. The van der Waals surface area contributed by atoms with E-state index in [1.165, 1.54) is 6.42 Å². The second-order valence-corrected chi connectivity index (χ2v) is 11.6. The maximum absolute atomic E-state index is 14.2. The van der Waals surface area contributed by atoms with Crippen molar-refractivity contribution in [1.29, 1.82) is 0 Å². The van der Waals surface area contributed by atoms with E-state index in [0.717, 1.165) is 44.9 Å². The van der Waals surface area contributed by atoms with Gasteiger partial charge in [0.15, 0.2) is 0 Å². The highest BCUT2D eigenvalue weighted by Gasteiger charge is 2.74. The van der Waals surface area contributed by atoms with Crippen molar-refractivity contribution in [3.05, 3.63) is 25.3 Å². The molecule has 2 amide bonds. The predicted molar refractivity (Wildman–Crippen MR) is 132 cm³/mol. The van der Waals surface area contributed by atoms with Gasteiger partial charge in [-0.25, -0.2) is 0 Å². The third kappa shape index (κ3) is 4.32. The Morgan fingerprint density at radius 2 is 1.97 bits per heavy atom. The van der Waals surface area contributed by atoms with Crippen molar-refractivity contribution in [2.24, 2.45) is 11.8 Å². The van der Waals surface area contributed by atoms with Crippen LogP contribution in [0, 0.1) is 11.8 Å². The van der Waals surface area contributed by atoms with Gasteiger partial charge in [0.05, 0.1) is 29.8 Å². The lowest BCUT2D eigenvalue weighted by atomic mass is 9.71. The minimum atomic E-state index is -0.660. The van der Waals surface area contributed by atoms with Gasteiger partial charge in [-0.15, -0.1) is 24.9 Å². The number of hydrogen-bond acceptors (Lipinski definition) is 6. The molecule has 4 rings (SSSR count). The number of carbonyl (C=O) groups is 3. The van der Waals surface area contributed by atoms with E-state index in [1.54, 1.807) is 28.8 Å². The van der Waals surface area contributed by atoms with Crippen LogP contribution in [0.25, 0.3) is 0 Å². The Bertz CT molecular complexity index is 813. The van der Waals surface area contributed by atoms with Gasteiger partial charge in [0.1, 0.15) is 6.04 Å². The molecule has 3 aliphatic heterocycles. The van der Waals surface area contributed by atoms with Crippen molar-refractivity contribution in [1.82, 2.24) is 9.80 Å². The first kappa shape index (κ1) is 25.3. The predicted octanol–water partition coefficient (Wildman–Crippen LogP) is 2.93. The standard InChI is InChI=1S/C26H38N2O5S/c1-3-5-9-17-33-25(32)20-19-12-13-26(34-19)21(20)23(30)28(15-16-29)22(26)24(31)27(14-4-2)18-10-7-6-8-11-18/h3-4,18-22,29H,1-2,5-17H2/t19-,20+,21+,22?,26?/m1/s1. The zero-order chi connectivity index (χ0) is 24.3. The zero-order valence-electron chi connectivity index (χ0n) is 20.0. The molecule has 1 saturated carbocycles. The van der Waals surface area contributed by atoms with Crippen molar-refractivity contribution in [3.63, 3.8) is 0 Å². The largest absolute Gasteiger partial charge is 0.465 e. The molecule has 0 aromatic carbocycles. The molecule has 4 fully saturated rings. The molecule has 2 bridgehead atoms. The monoisotopic (exact) mass is 490 g/mol. The Kier molecular flexibility index (Phi) is 8.08. The summed E-state index contributed by atoms with van der Waals surface area (Å²) < 4.78 is 4.95. The number of hydrogen-bond donors (Lipinski definition) is 1. The molecule has 1 aliphatic carbocycles. The van der Waals surface area contributed by atoms with Crippen LogP contribution in [0.4, 0.5) is 0 Å². The van der Waals surface area contributed by atoms with E-state index < -0.39 is 22.6 Å². The zero-order valence-corrected chi connectivity index (χ0v) is 20.8. The Morgan fingerprint density at radius 1 is 1.21 bits per heavy atom. The van der Waals surface area contributed by atoms with Crippen molar-refractivity contribution < 1.29 is 24.2 Å². The number of esters is 1. The van der Waals surface area contributed by atoms with Gasteiger partial charge in [0, 0.05) is 24.4 Å². The third-order valence-corrected chi connectivity index (χ3v) is 10.0. The molecule has 0 aromatic heterocycles. The number of unbranched alkanes of at least 4 members (excludes halogenated alkanes) is 1. The molecule has 5 atom stereocenters. The number of rotatable bonds is 11. The van der Waals surface area contributed by atoms with E-state index in [2.05, 4.69) is 13.2 Å². The lowest BCUT2D eigenvalue weighted by molar-refractivity contribution is -0.154. The molecule has 1 spiro atoms. The topological polar surface area (TPSA) is 87.1 Å². The Hall–Kier alpha value is -1.80. The fraction of sp³-hybridized carbons (Fsp3) is 0.731. The van der Waals surface area contributed by atoms with Crippen LogP contribution in [0.15, 0.2) is 25.3 Å². The highest BCUT2D eigenvalue weighted by Crippen LogP contribution is 2.66. The summed E-state index contributed by atoms with van der Waals surface area (Å²) in [5, 5.41) is 9.76. The van der Waals surface area contributed by atoms with Crippen molar-refractivity contribution in [2.75, 3.05) is 26.3 Å². The van der Waals surface area contributed by atoms with Crippen LogP contribution >= 0.6 is 11.8 Å². The molecule has 3 saturated heterocycles. The van der Waals surface area contributed by atoms with Crippen LogP contribution in [0.5, 0.6) is 0 Å². The summed E-state index contributed by atoms with van der Waals surface area (Å²) in [4.78, 5) is 44.5. The number of thioether (sulfide) groups is 1. The number of amides is 2. The molecule has 7 nitrogen and oxygen atoms in total. The smallest absolute Gasteiger partial charge is 0.310 e. The minimum absolute atomic E-state index is 0.00466. The number of β-amino-alcohol motifs (C(OH)–C–C–N with tert-alkyl or cyclic N) is 1. The lowest BCUT2D eigenvalue weighted by Crippen LogP contribution is -2.57. The molecular weight excluding hydrogens is 452 g/mol. The van der Waals surface area contributed by atoms with Crippen LogP contribution < -0.4 is 0 Å². The SMILES string of the molecule is C=CCCCOC(=O)[C@@H]1[C@H]2C(=O)N(CCO)C(C(=O)N(CC=C)C3CCCCC3)C23CC[C@H]1S3. The average Bonchev–Trinajstić information content (AvgIpc) is 3.48. The van der Waals surface area contributed by atoms with Gasteiger partial charge in [-0.05, 0) is 38.5 Å². The van der Waals surface area contributed by atoms with Crippen molar-refractivity contribution in [2.45, 2.75) is 79.9 Å². The number of fused-ring (bicyclic) bond motifs is 1. The van der Waals surface area contributed by atoms with Crippen molar-refractivity contribution in [3.8, 4) is 0 Å². The summed E-state index contributed by atoms with van der Waals surface area (Å²) in [6, 6.07) is -0.511. The van der Waals surface area contributed by atoms with Gasteiger partial charge in [0.2, 0.25) is 11.8 Å². The fourth-order valence-electron chi connectivity index (χ4n) is 6.65. The number of allylic oxidation sites excluding steroid dienone is 1. The Morgan fingerprint density at radius 3 is 2.65 bits per heavy atom. The summed E-state index contributed by atoms with van der Waals surface area (Å²) in [7, 11) is 0. The fourth-order valence-corrected chi connectivity index (χ4v) is 8.85. The first-order chi connectivity index (χ1) is 16.5. The van der Waals surface area contributed by atoms with Gasteiger partial charge in [0.25, 0.3) is 0 Å². The van der Waals surface area contributed by atoms with E-state index in [9.17, 15) is 19.5 Å². The highest BCUT2D eigenvalue weighted by atomic mass is 32.2. The number of ether oxygens (including phenoxy) is 1. The molecule has 8 heteroatoms. The molecule has 3 heterocycles. The van der Waals surface area contributed by atoms with Gasteiger partial charge in [-0.3, -0.25) is 14.4 Å². The van der Waals surface area contributed by atoms with Crippen LogP contribution in [0.1, 0.15) is 57.8 Å². The van der Waals surface area contributed by atoms with Gasteiger partial charge in [-0.2, -0.15) is 0 Å². The van der Waals surface area contributed by atoms with Crippen LogP contribution in [-0.2, 0) is 19.1 Å². The van der Waals surface area contributed by atoms with E-state index in [-0.39, 0.29) is 42.2 Å².